The molecule has 2 fully saturated rings. The third-order valence-electron chi connectivity index (χ3n) is 6.54. The lowest BCUT2D eigenvalue weighted by Gasteiger charge is -2.42. The summed E-state index contributed by atoms with van der Waals surface area (Å²) in [5, 5.41) is 11.2. The number of carbonyl (C=O) groups is 2. The second kappa shape index (κ2) is 5.66. The van der Waals surface area contributed by atoms with Gasteiger partial charge in [0.25, 0.3) is 0 Å². The van der Waals surface area contributed by atoms with E-state index < -0.39 is 34.6 Å². The van der Waals surface area contributed by atoms with Crippen molar-refractivity contribution in [3.05, 3.63) is 36.4 Å². The number of Topliss-reactive ketones (excluding diaryl/α,β-unsaturated/α-hetero) is 2. The lowest BCUT2D eigenvalue weighted by Crippen LogP contribution is -2.61. The van der Waals surface area contributed by atoms with Crippen LogP contribution in [0.2, 0.25) is 0 Å². The summed E-state index contributed by atoms with van der Waals surface area (Å²) in [7, 11) is 1.39. The van der Waals surface area contributed by atoms with Gasteiger partial charge in [-0.15, -0.1) is 6.58 Å². The van der Waals surface area contributed by atoms with Crippen molar-refractivity contribution in [1.29, 1.82) is 0 Å². The number of hydrogen-bond donors (Lipinski definition) is 1. The Kier molecular flexibility index (Phi) is 3.75. The monoisotopic (exact) mass is 358 g/mol. The number of aliphatic hydroxyl groups excluding tert-OH is 1. The molecule has 4 rings (SSSR count). The molecule has 2 aliphatic carbocycles. The minimum absolute atomic E-state index is 0.00630. The molecule has 0 amide bonds. The van der Waals surface area contributed by atoms with E-state index in [2.05, 4.69) is 6.58 Å². The molecule has 6 nitrogen and oxygen atoms in total. The number of methoxy groups -OCH3 is 1. The van der Waals surface area contributed by atoms with Gasteiger partial charge in [0, 0.05) is 24.9 Å². The molecule has 6 heteroatoms. The third-order valence-corrected chi connectivity index (χ3v) is 6.54. The summed E-state index contributed by atoms with van der Waals surface area (Å²) in [5.74, 6) is -0.568. The highest BCUT2D eigenvalue weighted by Crippen LogP contribution is 2.64. The van der Waals surface area contributed by atoms with E-state index in [9.17, 15) is 14.7 Å². The molecule has 26 heavy (non-hydrogen) atoms. The molecular weight excluding hydrogens is 336 g/mol. The van der Waals surface area contributed by atoms with Crippen LogP contribution in [0.5, 0.6) is 11.5 Å². The summed E-state index contributed by atoms with van der Waals surface area (Å²) in [5.41, 5.74) is -1.58. The molecule has 0 unspecified atom stereocenters. The Balaban J connectivity index is 1.92. The van der Waals surface area contributed by atoms with Crippen molar-refractivity contribution < 1.29 is 28.9 Å². The average Bonchev–Trinajstić information content (AvgIpc) is 3.14. The summed E-state index contributed by atoms with van der Waals surface area (Å²) < 4.78 is 16.5. The molecule has 0 radical (unpaired) electrons. The van der Waals surface area contributed by atoms with Gasteiger partial charge in [0.1, 0.15) is 0 Å². The van der Waals surface area contributed by atoms with E-state index in [1.807, 2.05) is 19.1 Å². The first-order chi connectivity index (χ1) is 12.4. The highest BCUT2D eigenvalue weighted by atomic mass is 16.7. The first-order valence-corrected chi connectivity index (χ1v) is 8.73. The number of carbonyl (C=O) groups excluding carboxylic acids is 2. The molecule has 2 bridgehead atoms. The zero-order chi connectivity index (χ0) is 18.7. The molecule has 1 N–H and O–H groups in total. The summed E-state index contributed by atoms with van der Waals surface area (Å²) in [4.78, 5) is 25.5. The topological polar surface area (TPSA) is 82.1 Å². The fourth-order valence-electron chi connectivity index (χ4n) is 5.28. The Labute approximate surface area is 151 Å². The van der Waals surface area contributed by atoms with E-state index in [1.54, 1.807) is 12.1 Å². The average molecular weight is 358 g/mol. The Morgan fingerprint density at radius 2 is 2.08 bits per heavy atom. The van der Waals surface area contributed by atoms with E-state index >= 15 is 0 Å². The first kappa shape index (κ1) is 17.2. The standard InChI is InChI=1S/C20H22O6/c1-4-7-19-9-13(21)17(22)20(24-3,18(19)23)16(11(19)2)12-5-6-14-15(8-12)26-10-25-14/h4-6,8,11,16,18,23H,1,7,9-10H2,2-3H3/t11-,16+,18-,19-,20-/m1/s1. The van der Waals surface area contributed by atoms with Crippen molar-refractivity contribution >= 4 is 11.6 Å². The minimum Gasteiger partial charge on any atom is -0.454 e. The molecule has 1 aromatic carbocycles. The third kappa shape index (κ3) is 1.89. The van der Waals surface area contributed by atoms with Gasteiger partial charge in [-0.2, -0.15) is 0 Å². The van der Waals surface area contributed by atoms with E-state index in [1.165, 1.54) is 7.11 Å². The molecule has 1 aliphatic heterocycles. The molecule has 2 saturated carbocycles. The Bertz CT molecular complexity index is 801. The molecule has 138 valence electrons. The van der Waals surface area contributed by atoms with Crippen LogP contribution in [0.1, 0.15) is 31.2 Å². The molecule has 0 saturated heterocycles. The first-order valence-electron chi connectivity index (χ1n) is 8.73. The Morgan fingerprint density at radius 3 is 2.77 bits per heavy atom. The molecule has 1 aromatic rings. The van der Waals surface area contributed by atoms with Gasteiger partial charge in [-0.05, 0) is 30.0 Å². The highest BCUT2D eigenvalue weighted by Gasteiger charge is 2.74. The zero-order valence-corrected chi connectivity index (χ0v) is 14.9. The van der Waals surface area contributed by atoms with Crippen molar-refractivity contribution in [2.24, 2.45) is 11.3 Å². The molecule has 0 spiro atoms. The fourth-order valence-corrected chi connectivity index (χ4v) is 5.28. The second-order valence-corrected chi connectivity index (χ2v) is 7.43. The lowest BCUT2D eigenvalue weighted by atomic mass is 9.66. The van der Waals surface area contributed by atoms with Gasteiger partial charge in [-0.3, -0.25) is 9.59 Å². The van der Waals surface area contributed by atoms with Crippen LogP contribution in [0.3, 0.4) is 0 Å². The SMILES string of the molecule is C=CC[C@@]12CC(=O)C(=O)[C@](OC)([C@H](c3ccc4c(c3)OCO4)[C@H]1C)[C@@H]2O. The summed E-state index contributed by atoms with van der Waals surface area (Å²) in [6.07, 6.45) is 1.05. The predicted molar refractivity (Wildman–Crippen MR) is 92.1 cm³/mol. The van der Waals surface area contributed by atoms with E-state index in [-0.39, 0.29) is 19.1 Å². The predicted octanol–water partition coefficient (Wildman–Crippen LogP) is 2.00. The van der Waals surface area contributed by atoms with Gasteiger partial charge >= 0.3 is 0 Å². The number of hydrogen-bond acceptors (Lipinski definition) is 6. The second-order valence-electron chi connectivity index (χ2n) is 7.43. The number of fused-ring (bicyclic) bond motifs is 3. The molecule has 3 aliphatic rings. The van der Waals surface area contributed by atoms with Crippen molar-refractivity contribution in [3.63, 3.8) is 0 Å². The van der Waals surface area contributed by atoms with Gasteiger partial charge in [0.05, 0.1) is 6.10 Å². The van der Waals surface area contributed by atoms with E-state index in [0.717, 1.165) is 5.56 Å². The van der Waals surface area contributed by atoms with Crippen LogP contribution in [0, 0.1) is 11.3 Å². The van der Waals surface area contributed by atoms with Crippen molar-refractivity contribution in [2.75, 3.05) is 13.9 Å². The van der Waals surface area contributed by atoms with Crippen LogP contribution in [0.25, 0.3) is 0 Å². The maximum atomic E-state index is 12.9. The molecular formula is C20H22O6. The molecule has 5 atom stereocenters. The van der Waals surface area contributed by atoms with E-state index in [0.29, 0.717) is 17.9 Å². The summed E-state index contributed by atoms with van der Waals surface area (Å²) in [6.45, 7) is 5.90. The number of aliphatic hydroxyl groups is 1. The fraction of sp³-hybridized carbons (Fsp3) is 0.500. The number of benzene rings is 1. The van der Waals surface area contributed by atoms with Crippen LogP contribution in [-0.4, -0.2) is 42.3 Å². The van der Waals surface area contributed by atoms with Gasteiger partial charge in [0.2, 0.25) is 18.4 Å². The van der Waals surface area contributed by atoms with Crippen molar-refractivity contribution in [2.45, 2.75) is 37.4 Å². The van der Waals surface area contributed by atoms with Gasteiger partial charge in [-0.1, -0.05) is 19.1 Å². The van der Waals surface area contributed by atoms with Crippen molar-refractivity contribution in [3.8, 4) is 11.5 Å². The molecule has 1 heterocycles. The summed E-state index contributed by atoms with van der Waals surface area (Å²) >= 11 is 0. The lowest BCUT2D eigenvalue weighted by molar-refractivity contribution is -0.176. The molecule has 0 aromatic heterocycles. The van der Waals surface area contributed by atoms with Crippen LogP contribution >= 0.6 is 0 Å². The van der Waals surface area contributed by atoms with E-state index in [4.69, 9.17) is 14.2 Å². The summed E-state index contributed by atoms with van der Waals surface area (Å²) in [6, 6.07) is 5.45. The van der Waals surface area contributed by atoms with Crippen LogP contribution < -0.4 is 9.47 Å². The van der Waals surface area contributed by atoms with Crippen LogP contribution in [0.4, 0.5) is 0 Å². The van der Waals surface area contributed by atoms with Crippen molar-refractivity contribution in [1.82, 2.24) is 0 Å². The number of allylic oxidation sites excluding steroid dienone is 1. The number of rotatable bonds is 4. The quantitative estimate of drug-likeness (QED) is 0.655. The normalized spacial score (nSPS) is 37.9. The maximum absolute atomic E-state index is 12.9. The smallest absolute Gasteiger partial charge is 0.233 e. The van der Waals surface area contributed by atoms with Gasteiger partial charge < -0.3 is 19.3 Å². The number of ketones is 2. The minimum atomic E-state index is -1.59. The zero-order valence-electron chi connectivity index (χ0n) is 14.9. The Morgan fingerprint density at radius 1 is 1.35 bits per heavy atom. The van der Waals surface area contributed by atoms with Gasteiger partial charge in [0.15, 0.2) is 17.1 Å². The van der Waals surface area contributed by atoms with Crippen LogP contribution in [-0.2, 0) is 14.3 Å². The van der Waals surface area contributed by atoms with Crippen LogP contribution in [0.15, 0.2) is 30.9 Å². The Hall–Kier alpha value is -2.18. The number of ether oxygens (including phenoxy) is 3. The largest absolute Gasteiger partial charge is 0.454 e. The maximum Gasteiger partial charge on any atom is 0.233 e. The van der Waals surface area contributed by atoms with Gasteiger partial charge in [-0.25, -0.2) is 0 Å². The highest BCUT2D eigenvalue weighted by molar-refractivity contribution is 6.42.